The highest BCUT2D eigenvalue weighted by molar-refractivity contribution is 6.04. The second-order valence-electron chi connectivity index (χ2n) is 23.5. The molecule has 5 rings (SSSR count). The van der Waals surface area contributed by atoms with E-state index in [-0.39, 0.29) is 31.3 Å². The standard InChI is InChI=1S/C70H75F9O11/c1-46(28-24-30-48(3)57(80)41-58-63(7,8)43-55(44-64(58,9)84)90-61(83)67(87-12,70(77,78)79)53-36-20-15-21-37-53)26-22-23-27-47(2)29-25-31-50(45-88-59(81)65(85-10,68(71,72)73)51-32-16-13-17-33-51)38-39-56-49(4)40-54(42-62(56,5)6)89-60(82)66(86-11,69(74,75)76)52-34-18-14-19-35-52/h13-37,41,54-55,84H,40,42-45H2,1-12H3/b23-22+,28-24+,29-25+,46-26+,47-27+,48-30+,50-31-,58-41+/t54-,55+,64-,65+,66+,67+/m1/s1. The van der Waals surface area contributed by atoms with Crippen molar-refractivity contribution in [3.8, 4) is 11.8 Å². The molecule has 6 atom stereocenters. The van der Waals surface area contributed by atoms with Crippen molar-refractivity contribution < 1.29 is 92.2 Å². The number of halogens is 9. The van der Waals surface area contributed by atoms with Crippen LogP contribution in [-0.2, 0) is 64.4 Å². The molecule has 0 saturated heterocycles. The lowest BCUT2D eigenvalue weighted by Crippen LogP contribution is -2.54. The monoisotopic (exact) mass is 1260 g/mol. The summed E-state index contributed by atoms with van der Waals surface area (Å²) in [6, 6.07) is 19.0. The fraction of sp³-hybridized carbons (Fsp3) is 0.400. The van der Waals surface area contributed by atoms with Gasteiger partial charge in [-0.05, 0) is 76.2 Å². The summed E-state index contributed by atoms with van der Waals surface area (Å²) in [4.78, 5) is 54.1. The summed E-state index contributed by atoms with van der Waals surface area (Å²) in [7, 11) is 2.27. The smallest absolute Gasteiger partial charge is 0.432 e. The molecule has 3 aromatic rings. The van der Waals surface area contributed by atoms with Crippen LogP contribution in [0.25, 0.3) is 0 Å². The Bertz CT molecular complexity index is 3400. The van der Waals surface area contributed by atoms with Gasteiger partial charge in [-0.3, -0.25) is 4.79 Å². The Morgan fingerprint density at radius 2 is 0.956 bits per heavy atom. The van der Waals surface area contributed by atoms with Crippen molar-refractivity contribution in [2.45, 2.75) is 141 Å². The molecule has 0 unspecified atom stereocenters. The van der Waals surface area contributed by atoms with Crippen LogP contribution in [-0.4, -0.2) is 93.1 Å². The first kappa shape index (κ1) is 72.9. The number of hydrogen-bond donors (Lipinski definition) is 1. The Kier molecular flexibility index (Phi) is 23.8. The molecule has 0 aliphatic heterocycles. The molecule has 0 bridgehead atoms. The molecule has 0 radical (unpaired) electrons. The Hall–Kier alpha value is -7.83. The minimum atomic E-state index is -5.27. The minimum absolute atomic E-state index is 0.0113. The van der Waals surface area contributed by atoms with E-state index in [0.29, 0.717) is 27.9 Å². The molecule has 90 heavy (non-hydrogen) atoms. The van der Waals surface area contributed by atoms with Crippen molar-refractivity contribution in [2.24, 2.45) is 10.8 Å². The first-order chi connectivity index (χ1) is 41.9. The van der Waals surface area contributed by atoms with Crippen LogP contribution in [0.2, 0.25) is 0 Å². The van der Waals surface area contributed by atoms with Crippen LogP contribution in [0.4, 0.5) is 39.5 Å². The quantitative estimate of drug-likeness (QED) is 0.0272. The van der Waals surface area contributed by atoms with E-state index < -0.39 is 111 Å². The number of carbonyl (C=O) groups is 4. The lowest BCUT2D eigenvalue weighted by molar-refractivity contribution is -0.280. The van der Waals surface area contributed by atoms with Crippen molar-refractivity contribution in [3.63, 3.8) is 0 Å². The van der Waals surface area contributed by atoms with E-state index in [4.69, 9.17) is 28.4 Å². The minimum Gasteiger partial charge on any atom is -0.460 e. The summed E-state index contributed by atoms with van der Waals surface area (Å²) in [6.45, 7) is 14.3. The van der Waals surface area contributed by atoms with Gasteiger partial charge in [0, 0.05) is 67.4 Å². The number of alkyl halides is 9. The van der Waals surface area contributed by atoms with Gasteiger partial charge in [-0.15, -0.1) is 0 Å². The van der Waals surface area contributed by atoms with E-state index in [2.05, 4.69) is 11.8 Å². The molecule has 0 amide bonds. The van der Waals surface area contributed by atoms with Crippen molar-refractivity contribution in [2.75, 3.05) is 27.9 Å². The number of methoxy groups -OCH3 is 3. The van der Waals surface area contributed by atoms with Gasteiger partial charge in [0.15, 0.2) is 5.78 Å². The summed E-state index contributed by atoms with van der Waals surface area (Å²) < 4.78 is 164. The third-order valence-corrected chi connectivity index (χ3v) is 15.7. The highest BCUT2D eigenvalue weighted by Crippen LogP contribution is 2.50. The van der Waals surface area contributed by atoms with Gasteiger partial charge in [-0.25, -0.2) is 14.4 Å². The van der Waals surface area contributed by atoms with Crippen LogP contribution in [0.15, 0.2) is 197 Å². The summed E-state index contributed by atoms with van der Waals surface area (Å²) >= 11 is 0. The van der Waals surface area contributed by atoms with Crippen molar-refractivity contribution in [1.82, 2.24) is 0 Å². The van der Waals surface area contributed by atoms with Crippen LogP contribution >= 0.6 is 0 Å². The highest BCUT2D eigenvalue weighted by Gasteiger charge is 2.67. The largest absolute Gasteiger partial charge is 0.460 e. The van der Waals surface area contributed by atoms with Gasteiger partial charge in [-0.1, -0.05) is 202 Å². The van der Waals surface area contributed by atoms with E-state index in [0.717, 1.165) is 63.3 Å². The summed E-state index contributed by atoms with van der Waals surface area (Å²) in [6.07, 6.45) is -0.290. The fourth-order valence-electron chi connectivity index (χ4n) is 11.2. The molecule has 3 aromatic carbocycles. The zero-order valence-corrected chi connectivity index (χ0v) is 52.1. The van der Waals surface area contributed by atoms with Crippen LogP contribution in [0.5, 0.6) is 0 Å². The van der Waals surface area contributed by atoms with Crippen LogP contribution < -0.4 is 0 Å². The fourth-order valence-corrected chi connectivity index (χ4v) is 11.2. The molecule has 0 aromatic heterocycles. The SMILES string of the molecule is CO[C@](C(=O)OC\C(C#CC1=C(C)C[C@@H](OC(=O)[C@@](OC)(c2ccccc2)C(F)(F)F)CC1(C)C)=C/C=C/C(C)=C/C=C/C=C(C)/C=C/C=C(\C)C(=O)/C=C1\C(C)(C)C[C@H](OC(=O)[C@@](OC)(c2ccccc2)C(F)(F)F)C[C@@]1(C)O)(c1ccccc1)C(F)(F)F. The Morgan fingerprint density at radius 1 is 0.556 bits per heavy atom. The Morgan fingerprint density at radius 3 is 1.36 bits per heavy atom. The number of ketones is 1. The van der Waals surface area contributed by atoms with Gasteiger partial charge >= 0.3 is 36.4 Å². The number of rotatable bonds is 21. The molecule has 1 N–H and O–H groups in total. The van der Waals surface area contributed by atoms with Gasteiger partial charge in [0.05, 0.1) is 5.60 Å². The Balaban J connectivity index is 1.33. The summed E-state index contributed by atoms with van der Waals surface area (Å²) in [5.74, 6) is 0.435. The number of ether oxygens (including phenoxy) is 6. The lowest BCUT2D eigenvalue weighted by Gasteiger charge is -2.46. The topological polar surface area (TPSA) is 144 Å². The number of carbonyl (C=O) groups excluding carboxylic acids is 4. The number of aliphatic hydroxyl groups is 1. The predicted molar refractivity (Wildman–Crippen MR) is 321 cm³/mol. The number of benzene rings is 3. The van der Waals surface area contributed by atoms with Gasteiger partial charge in [0.25, 0.3) is 16.8 Å². The molecule has 20 heteroatoms. The number of esters is 3. The van der Waals surface area contributed by atoms with Crippen LogP contribution in [0.3, 0.4) is 0 Å². The normalized spacial score (nSPS) is 22.1. The Labute approximate surface area is 519 Å². The van der Waals surface area contributed by atoms with Crippen LogP contribution in [0, 0.1) is 22.7 Å². The van der Waals surface area contributed by atoms with E-state index in [9.17, 15) is 63.8 Å². The maximum atomic E-state index is 14.8. The zero-order chi connectivity index (χ0) is 67.3. The van der Waals surface area contributed by atoms with Gasteiger partial charge in [-0.2, -0.15) is 39.5 Å². The van der Waals surface area contributed by atoms with E-state index >= 15 is 0 Å². The zero-order valence-electron chi connectivity index (χ0n) is 52.1. The van der Waals surface area contributed by atoms with Crippen molar-refractivity contribution in [3.05, 3.63) is 214 Å². The number of allylic oxidation sites excluding steroid dienone is 15. The first-order valence-electron chi connectivity index (χ1n) is 28.5. The molecule has 2 aliphatic carbocycles. The molecular weight excluding hydrogens is 1190 g/mol. The second-order valence-corrected chi connectivity index (χ2v) is 23.5. The maximum Gasteiger partial charge on any atom is 0.432 e. The maximum absolute atomic E-state index is 14.8. The van der Waals surface area contributed by atoms with E-state index in [1.165, 1.54) is 73.7 Å². The summed E-state index contributed by atoms with van der Waals surface area (Å²) in [5, 5.41) is 11.6. The molecular formula is C70H75F9O11. The van der Waals surface area contributed by atoms with Gasteiger partial charge < -0.3 is 33.5 Å². The predicted octanol–water partition coefficient (Wildman–Crippen LogP) is 15.3. The average Bonchev–Trinajstić information content (AvgIpc) is 0.783. The molecule has 1 saturated carbocycles. The third-order valence-electron chi connectivity index (χ3n) is 15.7. The van der Waals surface area contributed by atoms with Crippen molar-refractivity contribution in [1.29, 1.82) is 0 Å². The third kappa shape index (κ3) is 16.6. The molecule has 0 spiro atoms. The second kappa shape index (κ2) is 29.4. The van der Waals surface area contributed by atoms with E-state index in [1.807, 2.05) is 6.92 Å². The highest BCUT2D eigenvalue weighted by atomic mass is 19.4. The van der Waals surface area contributed by atoms with Crippen molar-refractivity contribution >= 4 is 23.7 Å². The molecule has 11 nitrogen and oxygen atoms in total. The lowest BCUT2D eigenvalue weighted by atomic mass is 9.64. The molecule has 484 valence electrons. The van der Waals surface area contributed by atoms with E-state index in [1.54, 1.807) is 103 Å². The van der Waals surface area contributed by atoms with Gasteiger partial charge in [0.2, 0.25) is 0 Å². The molecule has 1 fully saturated rings. The first-order valence-corrected chi connectivity index (χ1v) is 28.5. The molecule has 0 heterocycles. The average molecular weight is 1260 g/mol. The van der Waals surface area contributed by atoms with Crippen LogP contribution in [0.1, 0.15) is 105 Å². The summed E-state index contributed by atoms with van der Waals surface area (Å²) in [5.41, 5.74) is -12.3. The van der Waals surface area contributed by atoms with Gasteiger partial charge in [0.1, 0.15) is 18.8 Å². The molecule has 2 aliphatic rings. The number of hydrogen-bond acceptors (Lipinski definition) is 11.